The number of hydrogen-bond acceptors (Lipinski definition) is 5. The van der Waals surface area contributed by atoms with E-state index in [9.17, 15) is 0 Å². The predicted molar refractivity (Wildman–Crippen MR) is 78.6 cm³/mol. The summed E-state index contributed by atoms with van der Waals surface area (Å²) in [5, 5.41) is 4.37. The molecule has 3 rings (SSSR count). The van der Waals surface area contributed by atoms with Crippen LogP contribution < -0.4 is 11.3 Å². The normalized spacial score (nSPS) is 14.8. The molecule has 0 aliphatic heterocycles. The van der Waals surface area contributed by atoms with Gasteiger partial charge in [0.15, 0.2) is 0 Å². The van der Waals surface area contributed by atoms with Gasteiger partial charge in [-0.2, -0.15) is 11.3 Å². The number of nitrogens with one attached hydrogen (secondary N) is 1. The van der Waals surface area contributed by atoms with Crippen LogP contribution in [0.25, 0.3) is 0 Å². The molecule has 0 unspecified atom stereocenters. The molecule has 2 aromatic rings. The number of nitrogen functional groups attached to an aromatic ring is 1. The maximum absolute atomic E-state index is 5.33. The number of pyridine rings is 1. The highest BCUT2D eigenvalue weighted by Crippen LogP contribution is 2.30. The van der Waals surface area contributed by atoms with Gasteiger partial charge in [-0.05, 0) is 46.9 Å². The Kier molecular flexibility index (Phi) is 3.77. The molecule has 1 fully saturated rings. The standard InChI is InChI=1S/C14H18N4S/c15-17-14-4-1-11(7-16-14)8-18(13-2-3-13)9-12-5-6-19-10-12/h1,4-7,10,13H,2-3,8-9,15H2,(H,16,17). The van der Waals surface area contributed by atoms with Crippen molar-refractivity contribution < 1.29 is 0 Å². The maximum Gasteiger partial charge on any atom is 0.139 e. The van der Waals surface area contributed by atoms with Gasteiger partial charge in [-0.15, -0.1) is 0 Å². The van der Waals surface area contributed by atoms with Crippen molar-refractivity contribution in [2.24, 2.45) is 5.84 Å². The zero-order valence-electron chi connectivity index (χ0n) is 10.7. The van der Waals surface area contributed by atoms with Crippen LogP contribution in [0.2, 0.25) is 0 Å². The van der Waals surface area contributed by atoms with Gasteiger partial charge in [-0.1, -0.05) is 6.07 Å². The molecule has 0 spiro atoms. The molecule has 19 heavy (non-hydrogen) atoms. The lowest BCUT2D eigenvalue weighted by Gasteiger charge is -2.21. The van der Waals surface area contributed by atoms with Gasteiger partial charge in [0.2, 0.25) is 0 Å². The number of nitrogens with two attached hydrogens (primary N) is 1. The van der Waals surface area contributed by atoms with Crippen LogP contribution in [0.4, 0.5) is 5.82 Å². The molecule has 5 heteroatoms. The van der Waals surface area contributed by atoms with Crippen molar-refractivity contribution in [2.75, 3.05) is 5.43 Å². The second-order valence-corrected chi connectivity index (χ2v) is 5.74. The maximum atomic E-state index is 5.33. The molecule has 0 atom stereocenters. The molecule has 0 radical (unpaired) electrons. The van der Waals surface area contributed by atoms with E-state index in [4.69, 9.17) is 5.84 Å². The number of hydrogen-bond donors (Lipinski definition) is 2. The summed E-state index contributed by atoms with van der Waals surface area (Å²) in [6.07, 6.45) is 4.54. The first-order chi connectivity index (χ1) is 9.35. The van der Waals surface area contributed by atoms with E-state index >= 15 is 0 Å². The van der Waals surface area contributed by atoms with E-state index in [2.05, 4.69) is 38.2 Å². The van der Waals surface area contributed by atoms with E-state index in [1.807, 2.05) is 12.3 Å². The SMILES string of the molecule is NNc1ccc(CN(Cc2ccsc2)C2CC2)cn1. The summed E-state index contributed by atoms with van der Waals surface area (Å²) >= 11 is 1.76. The summed E-state index contributed by atoms with van der Waals surface area (Å²) in [6.45, 7) is 1.99. The summed E-state index contributed by atoms with van der Waals surface area (Å²) in [5.74, 6) is 6.04. The second-order valence-electron chi connectivity index (χ2n) is 4.96. The molecule has 0 saturated heterocycles. The fourth-order valence-corrected chi connectivity index (χ4v) is 2.87. The minimum Gasteiger partial charge on any atom is -0.308 e. The van der Waals surface area contributed by atoms with Crippen molar-refractivity contribution in [1.82, 2.24) is 9.88 Å². The van der Waals surface area contributed by atoms with Gasteiger partial charge >= 0.3 is 0 Å². The van der Waals surface area contributed by atoms with Crippen molar-refractivity contribution in [2.45, 2.75) is 32.0 Å². The molecular weight excluding hydrogens is 256 g/mol. The molecule has 2 aromatic heterocycles. The smallest absolute Gasteiger partial charge is 0.139 e. The summed E-state index contributed by atoms with van der Waals surface area (Å²) in [4.78, 5) is 6.80. The molecular formula is C14H18N4S. The van der Waals surface area contributed by atoms with E-state index in [-0.39, 0.29) is 0 Å². The van der Waals surface area contributed by atoms with E-state index in [1.54, 1.807) is 11.3 Å². The van der Waals surface area contributed by atoms with Crippen LogP contribution in [-0.2, 0) is 13.1 Å². The monoisotopic (exact) mass is 274 g/mol. The van der Waals surface area contributed by atoms with Crippen LogP contribution >= 0.6 is 11.3 Å². The van der Waals surface area contributed by atoms with Crippen LogP contribution in [0.15, 0.2) is 35.2 Å². The zero-order valence-corrected chi connectivity index (χ0v) is 11.6. The van der Waals surface area contributed by atoms with Crippen LogP contribution in [-0.4, -0.2) is 15.9 Å². The Morgan fingerprint density at radius 1 is 1.26 bits per heavy atom. The molecule has 0 bridgehead atoms. The molecule has 3 N–H and O–H groups in total. The lowest BCUT2D eigenvalue weighted by molar-refractivity contribution is 0.246. The third kappa shape index (κ3) is 3.32. The first-order valence-electron chi connectivity index (χ1n) is 6.52. The summed E-state index contributed by atoms with van der Waals surface area (Å²) < 4.78 is 0. The van der Waals surface area contributed by atoms with Crippen molar-refractivity contribution in [1.29, 1.82) is 0 Å². The zero-order chi connectivity index (χ0) is 13.1. The average molecular weight is 274 g/mol. The first kappa shape index (κ1) is 12.6. The molecule has 1 aliphatic rings. The van der Waals surface area contributed by atoms with Crippen LogP contribution in [0.5, 0.6) is 0 Å². The van der Waals surface area contributed by atoms with Crippen LogP contribution in [0.3, 0.4) is 0 Å². The lowest BCUT2D eigenvalue weighted by atomic mass is 10.2. The van der Waals surface area contributed by atoms with Gasteiger partial charge in [-0.25, -0.2) is 10.8 Å². The number of thiophene rings is 1. The Labute approximate surface area is 117 Å². The summed E-state index contributed by atoms with van der Waals surface area (Å²) in [7, 11) is 0. The van der Waals surface area contributed by atoms with Gasteiger partial charge in [0.05, 0.1) is 0 Å². The molecule has 4 nitrogen and oxygen atoms in total. The highest BCUT2D eigenvalue weighted by molar-refractivity contribution is 7.07. The topological polar surface area (TPSA) is 54.2 Å². The third-order valence-corrected chi connectivity index (χ3v) is 4.12. The van der Waals surface area contributed by atoms with E-state index in [0.29, 0.717) is 5.82 Å². The lowest BCUT2D eigenvalue weighted by Crippen LogP contribution is -2.24. The molecule has 0 amide bonds. The molecule has 1 saturated carbocycles. The van der Waals surface area contributed by atoms with Crippen molar-refractivity contribution >= 4 is 17.2 Å². The number of nitrogens with zero attached hydrogens (tertiary/aromatic N) is 2. The average Bonchev–Trinajstić information content (AvgIpc) is 3.17. The quantitative estimate of drug-likeness (QED) is 0.628. The van der Waals surface area contributed by atoms with Crippen molar-refractivity contribution in [3.8, 4) is 0 Å². The van der Waals surface area contributed by atoms with Gasteiger partial charge < -0.3 is 5.43 Å². The highest BCUT2D eigenvalue weighted by Gasteiger charge is 2.28. The van der Waals surface area contributed by atoms with Gasteiger partial charge in [-0.3, -0.25) is 4.90 Å². The fraction of sp³-hybridized carbons (Fsp3) is 0.357. The summed E-state index contributed by atoms with van der Waals surface area (Å²) in [5.41, 5.74) is 5.20. The number of rotatable bonds is 6. The minimum absolute atomic E-state index is 0.708. The third-order valence-electron chi connectivity index (χ3n) is 3.39. The number of anilines is 1. The van der Waals surface area contributed by atoms with E-state index in [1.165, 1.54) is 24.0 Å². The first-order valence-corrected chi connectivity index (χ1v) is 7.46. The number of hydrazine groups is 1. The predicted octanol–water partition coefficient (Wildman–Crippen LogP) is 2.59. The second kappa shape index (κ2) is 5.69. The van der Waals surface area contributed by atoms with Gasteiger partial charge in [0.1, 0.15) is 5.82 Å². The Hall–Kier alpha value is -1.43. The minimum atomic E-state index is 0.708. The highest BCUT2D eigenvalue weighted by atomic mass is 32.1. The van der Waals surface area contributed by atoms with Crippen molar-refractivity contribution in [3.05, 3.63) is 46.3 Å². The Bertz CT molecular complexity index is 505. The fourth-order valence-electron chi connectivity index (χ4n) is 2.21. The molecule has 0 aromatic carbocycles. The molecule has 1 aliphatic carbocycles. The summed E-state index contributed by atoms with van der Waals surface area (Å²) in [6, 6.07) is 6.96. The van der Waals surface area contributed by atoms with Gasteiger partial charge in [0.25, 0.3) is 0 Å². The Morgan fingerprint density at radius 3 is 2.68 bits per heavy atom. The van der Waals surface area contributed by atoms with Crippen LogP contribution in [0, 0.1) is 0 Å². The van der Waals surface area contributed by atoms with Gasteiger partial charge in [0, 0.05) is 25.3 Å². The number of aromatic nitrogens is 1. The van der Waals surface area contributed by atoms with E-state index in [0.717, 1.165) is 19.1 Å². The Morgan fingerprint density at radius 2 is 2.11 bits per heavy atom. The van der Waals surface area contributed by atoms with Crippen molar-refractivity contribution in [3.63, 3.8) is 0 Å². The molecule has 2 heterocycles. The largest absolute Gasteiger partial charge is 0.308 e. The Balaban J connectivity index is 1.66. The van der Waals surface area contributed by atoms with Crippen LogP contribution in [0.1, 0.15) is 24.0 Å². The van der Waals surface area contributed by atoms with E-state index < -0.39 is 0 Å². The molecule has 100 valence electrons.